The Labute approximate surface area is 571 Å². The number of hydrogen-bond donors (Lipinski definition) is 7. The van der Waals surface area contributed by atoms with Crippen LogP contribution in [0, 0.1) is 5.41 Å². The van der Waals surface area contributed by atoms with Crippen LogP contribution in [0.15, 0.2) is 66.7 Å². The number of methoxy groups -OCH3 is 1. The van der Waals surface area contributed by atoms with E-state index in [1.807, 2.05) is 48.5 Å². The van der Waals surface area contributed by atoms with Gasteiger partial charge in [-0.2, -0.15) is 0 Å². The van der Waals surface area contributed by atoms with E-state index in [9.17, 15) is 59.1 Å². The van der Waals surface area contributed by atoms with Gasteiger partial charge in [-0.25, -0.2) is 19.6 Å². The molecule has 0 radical (unpaired) electrons. The number of phenols is 2. The number of nitrogens with one attached hydrogen (secondary N) is 2. The van der Waals surface area contributed by atoms with E-state index in [1.54, 1.807) is 0 Å². The number of Topliss-reactive ketones (excluding diaryl/α,β-unsaturated/α-hetero) is 2. The maximum Gasteiger partial charge on any atom is 0.305 e. The number of ether oxygens (including phenoxy) is 4. The fraction of sp³-hybridized carbons (Fsp3) is 0.466. The Morgan fingerprint density at radius 2 is 1.11 bits per heavy atom. The Balaban J connectivity index is 0.891. The molecule has 4 aromatic rings. The standard InChI is InChI=1S/C58H66N2O42/c1-31-52(67)40(22-45(80-31)60-41-25-58(72,43(63)26-61)24-38-48(41)55(70)51-50(54(38)69)53(68)37-17-10-18-42(73-2)49(37)56(51)71)59-44(64)19-11-21-47(66)77-28-57(29-78-83-87-91-95-99-101-97-93-89-85-81-74-3,30-79-84-88-92-96-100-102-98-94-90-86-82-75-4)23-32(62)12-9-20-46(65)76-27-39-35-15-7-5-13-33(35)34-14-6-8-16-36(34)39/h5-8,10,13-18,31,39-41,45,52,60-61,67,69-70,72H,9,11-12,19-30H2,1-4H3,(H,59,64)/t31-,40-,41-,45+,52+,58-/m1/s1. The summed E-state index contributed by atoms with van der Waals surface area (Å²) in [5.74, 6) is -7.68. The van der Waals surface area contributed by atoms with Crippen LogP contribution in [0.3, 0.4) is 0 Å². The zero-order valence-electron chi connectivity index (χ0n) is 53.8. The van der Waals surface area contributed by atoms with Crippen molar-refractivity contribution in [2.75, 3.05) is 54.4 Å². The molecule has 44 nitrogen and oxygen atoms in total. The second-order valence-corrected chi connectivity index (χ2v) is 22.2. The Hall–Kier alpha value is -7.87. The lowest BCUT2D eigenvalue weighted by Crippen LogP contribution is -2.59. The number of phenolic OH excluding ortho intramolecular Hbond substituents is 2. The maximum atomic E-state index is 14.2. The lowest BCUT2D eigenvalue weighted by Gasteiger charge is -2.43. The average molecular weight is 1460 g/mol. The van der Waals surface area contributed by atoms with Gasteiger partial charge in [-0.05, 0) is 159 Å². The molecular formula is C58H66N2O42. The Kier molecular flexibility index (Phi) is 31.5. The molecule has 102 heavy (non-hydrogen) atoms. The van der Waals surface area contributed by atoms with Crippen LogP contribution >= 0.6 is 0 Å². The van der Waals surface area contributed by atoms with Crippen LogP contribution in [0.2, 0.25) is 0 Å². The first-order valence-corrected chi connectivity index (χ1v) is 30.0. The molecule has 1 saturated heterocycles. The van der Waals surface area contributed by atoms with E-state index in [2.05, 4.69) is 131 Å². The number of amides is 1. The number of aliphatic hydroxyl groups is 3. The molecule has 8 rings (SSSR count). The first-order valence-electron chi connectivity index (χ1n) is 30.0. The van der Waals surface area contributed by atoms with Crippen LogP contribution in [0.4, 0.5) is 0 Å². The Bertz CT molecular complexity index is 3380. The number of esters is 2. The summed E-state index contributed by atoms with van der Waals surface area (Å²) in [6.45, 7) is -2.31. The number of ketones is 4. The predicted octanol–water partition coefficient (Wildman–Crippen LogP) is 2.57. The number of carbonyl (C=O) groups excluding carboxylic acids is 7. The van der Waals surface area contributed by atoms with Crippen molar-refractivity contribution in [3.8, 4) is 28.4 Å². The first kappa shape index (κ1) is 79.8. The largest absolute Gasteiger partial charge is 0.507 e. The topological polar surface area (TPSA) is 522 Å². The molecular weight excluding hydrogens is 1400 g/mol. The van der Waals surface area contributed by atoms with Gasteiger partial charge in [0, 0.05) is 80.0 Å². The van der Waals surface area contributed by atoms with Crippen LogP contribution in [0.1, 0.15) is 131 Å². The van der Waals surface area contributed by atoms with E-state index >= 15 is 0 Å². The number of rotatable bonds is 48. The molecule has 3 aliphatic carbocycles. The second kappa shape index (κ2) is 40.3. The molecule has 1 amide bonds. The molecule has 0 aromatic heterocycles. The average Bonchev–Trinajstić information content (AvgIpc) is 0.879. The minimum Gasteiger partial charge on any atom is -0.507 e. The van der Waals surface area contributed by atoms with Crippen molar-refractivity contribution in [3.63, 3.8) is 0 Å². The van der Waals surface area contributed by atoms with Gasteiger partial charge in [0.2, 0.25) is 11.7 Å². The molecule has 4 aliphatic rings. The quantitative estimate of drug-likeness (QED) is 0.00967. The summed E-state index contributed by atoms with van der Waals surface area (Å²) in [7, 11) is 3.35. The summed E-state index contributed by atoms with van der Waals surface area (Å²) >= 11 is 0. The fourth-order valence-electron chi connectivity index (χ4n) is 11.5. The van der Waals surface area contributed by atoms with Gasteiger partial charge in [0.25, 0.3) is 0 Å². The zero-order chi connectivity index (χ0) is 73.0. The van der Waals surface area contributed by atoms with Crippen molar-refractivity contribution >= 4 is 41.0 Å². The van der Waals surface area contributed by atoms with Crippen LogP contribution in [-0.4, -0.2) is 151 Å². The van der Waals surface area contributed by atoms with E-state index in [0.717, 1.165) is 36.5 Å². The molecule has 1 fully saturated rings. The summed E-state index contributed by atoms with van der Waals surface area (Å²) in [5.41, 5.74) is -2.46. The highest BCUT2D eigenvalue weighted by Gasteiger charge is 2.50. The number of benzene rings is 4. The van der Waals surface area contributed by atoms with Gasteiger partial charge in [0.05, 0.1) is 68.8 Å². The van der Waals surface area contributed by atoms with Gasteiger partial charge in [0.1, 0.15) is 60.8 Å². The first-order chi connectivity index (χ1) is 49.4. The number of aromatic hydroxyl groups is 2. The molecule has 1 heterocycles. The molecule has 6 atom stereocenters. The summed E-state index contributed by atoms with van der Waals surface area (Å²) < 4.78 is 22.6. The van der Waals surface area contributed by atoms with Crippen molar-refractivity contribution < 1.29 is 208 Å². The number of carbonyl (C=O) groups is 7. The lowest BCUT2D eigenvalue weighted by molar-refractivity contribution is -0.870. The Morgan fingerprint density at radius 3 is 1.66 bits per heavy atom. The molecule has 44 heteroatoms. The van der Waals surface area contributed by atoms with Crippen LogP contribution < -0.4 is 15.4 Å². The van der Waals surface area contributed by atoms with Crippen LogP contribution in [0.5, 0.6) is 17.2 Å². The summed E-state index contributed by atoms with van der Waals surface area (Å²) in [6.07, 6.45) is -7.61. The molecule has 0 unspecified atom stereocenters. The molecule has 0 spiro atoms. The van der Waals surface area contributed by atoms with Crippen molar-refractivity contribution in [1.82, 2.24) is 10.6 Å². The maximum absolute atomic E-state index is 14.2. The molecule has 0 bridgehead atoms. The number of aliphatic hydroxyl groups excluding tert-OH is 2. The second-order valence-electron chi connectivity index (χ2n) is 22.2. The van der Waals surface area contributed by atoms with E-state index in [0.29, 0.717) is 0 Å². The number of fused-ring (bicyclic) bond motifs is 6. The highest BCUT2D eigenvalue weighted by atomic mass is 18.0. The monoisotopic (exact) mass is 1460 g/mol. The fourth-order valence-corrected chi connectivity index (χ4v) is 11.5. The smallest absolute Gasteiger partial charge is 0.305 e. The van der Waals surface area contributed by atoms with Crippen molar-refractivity contribution in [2.45, 2.75) is 113 Å². The van der Waals surface area contributed by atoms with E-state index in [1.165, 1.54) is 32.2 Å². The minimum atomic E-state index is -2.43. The van der Waals surface area contributed by atoms with Crippen LogP contribution in [-0.2, 0) is 175 Å². The molecule has 560 valence electrons. The Morgan fingerprint density at radius 1 is 0.598 bits per heavy atom. The van der Waals surface area contributed by atoms with Crippen molar-refractivity contribution in [1.29, 1.82) is 0 Å². The van der Waals surface area contributed by atoms with E-state index in [4.69, 9.17) is 28.7 Å². The van der Waals surface area contributed by atoms with E-state index < -0.39 is 164 Å². The van der Waals surface area contributed by atoms with Crippen molar-refractivity contribution in [3.05, 3.63) is 111 Å². The van der Waals surface area contributed by atoms with Crippen LogP contribution in [0.25, 0.3) is 11.1 Å². The third kappa shape index (κ3) is 21.6. The summed E-state index contributed by atoms with van der Waals surface area (Å²) in [5, 5.41) is 149. The van der Waals surface area contributed by atoms with Gasteiger partial charge in [-0.1, -0.05) is 60.7 Å². The van der Waals surface area contributed by atoms with E-state index in [-0.39, 0.29) is 72.6 Å². The molecule has 0 saturated carbocycles. The normalized spacial score (nSPS) is 19.1. The van der Waals surface area contributed by atoms with Crippen molar-refractivity contribution in [2.24, 2.45) is 5.41 Å². The third-order valence-electron chi connectivity index (χ3n) is 15.9. The van der Waals surface area contributed by atoms with Gasteiger partial charge < -0.3 is 49.8 Å². The highest BCUT2D eigenvalue weighted by Crippen LogP contribution is 2.52. The third-order valence-corrected chi connectivity index (χ3v) is 15.9. The van der Waals surface area contributed by atoms with Gasteiger partial charge in [0.15, 0.2) is 11.6 Å². The molecule has 7 N–H and O–H groups in total. The highest BCUT2D eigenvalue weighted by molar-refractivity contribution is 6.31. The number of hydrogen-bond acceptors (Lipinski definition) is 43. The zero-order valence-corrected chi connectivity index (χ0v) is 53.8. The predicted molar refractivity (Wildman–Crippen MR) is 303 cm³/mol. The lowest BCUT2D eigenvalue weighted by atomic mass is 9.71. The van der Waals surface area contributed by atoms with Gasteiger partial charge in [-0.15, -0.1) is 0 Å². The summed E-state index contributed by atoms with van der Waals surface area (Å²) in [6, 6.07) is 17.1. The SMILES string of the molecule is COOOOOOOOOOOOOCC(COOOOOOOOOOOOOC)(COC(=O)CCCC(=O)N[C@@H]1C[C@@H](N[C@@H]2C[C@@](O)(C(=O)CO)Cc3c(O)c4c(c(O)c32)C(=O)c2c(OC)cccc2C4=O)O[C@H](C)[C@@H]1O)CC(=O)CCCC(=O)OCC1c2ccccc2-c2ccccc21. The minimum absolute atomic E-state index is 0.00514. The van der Waals surface area contributed by atoms with Gasteiger partial charge >= 0.3 is 11.9 Å². The van der Waals surface area contributed by atoms with Gasteiger partial charge in [-0.3, -0.25) is 38.9 Å². The summed E-state index contributed by atoms with van der Waals surface area (Å²) in [4.78, 5) is 114. The molecule has 4 aromatic carbocycles. The molecule has 1 aliphatic heterocycles.